The Balaban J connectivity index is 2.31. The molecule has 100 valence electrons. The van der Waals surface area contributed by atoms with Gasteiger partial charge in [-0.2, -0.15) is 0 Å². The molecule has 0 aliphatic carbocycles. The SMILES string of the molecule is CCCCCCCC(=O)Nc1cc(Cl)cc(Cl)c1. The summed E-state index contributed by atoms with van der Waals surface area (Å²) >= 11 is 11.7. The second kappa shape index (κ2) is 8.39. The molecule has 0 radical (unpaired) electrons. The van der Waals surface area contributed by atoms with E-state index in [4.69, 9.17) is 23.2 Å². The average molecular weight is 288 g/mol. The quantitative estimate of drug-likeness (QED) is 0.678. The van der Waals surface area contributed by atoms with Crippen molar-refractivity contribution in [2.24, 2.45) is 0 Å². The number of hydrogen-bond donors (Lipinski definition) is 1. The molecule has 1 aromatic carbocycles. The lowest BCUT2D eigenvalue weighted by molar-refractivity contribution is -0.116. The van der Waals surface area contributed by atoms with Crippen molar-refractivity contribution < 1.29 is 4.79 Å². The van der Waals surface area contributed by atoms with Crippen molar-refractivity contribution in [2.45, 2.75) is 45.4 Å². The van der Waals surface area contributed by atoms with Gasteiger partial charge in [0.1, 0.15) is 0 Å². The van der Waals surface area contributed by atoms with Gasteiger partial charge in [0.15, 0.2) is 0 Å². The number of amides is 1. The fraction of sp³-hybridized carbons (Fsp3) is 0.500. The molecule has 0 aliphatic heterocycles. The summed E-state index contributed by atoms with van der Waals surface area (Å²) in [5.74, 6) is 0.0184. The van der Waals surface area contributed by atoms with E-state index in [-0.39, 0.29) is 5.91 Å². The number of rotatable bonds is 7. The maximum atomic E-state index is 11.7. The van der Waals surface area contributed by atoms with Crippen LogP contribution in [0.25, 0.3) is 0 Å². The van der Waals surface area contributed by atoms with Gasteiger partial charge in [-0.3, -0.25) is 4.79 Å². The highest BCUT2D eigenvalue weighted by Gasteiger charge is 2.04. The molecule has 1 rings (SSSR count). The molecule has 2 nitrogen and oxygen atoms in total. The molecule has 0 saturated carbocycles. The molecule has 0 aromatic heterocycles. The zero-order valence-electron chi connectivity index (χ0n) is 10.6. The maximum absolute atomic E-state index is 11.7. The van der Waals surface area contributed by atoms with Gasteiger partial charge in [0.05, 0.1) is 0 Å². The first-order chi connectivity index (χ1) is 8.61. The Bertz CT molecular complexity index is 373. The fourth-order valence-corrected chi connectivity index (χ4v) is 2.26. The van der Waals surface area contributed by atoms with Gasteiger partial charge in [0.2, 0.25) is 5.91 Å². The number of halogens is 2. The van der Waals surface area contributed by atoms with Crippen molar-refractivity contribution in [3.63, 3.8) is 0 Å². The number of unbranched alkanes of at least 4 members (excludes halogenated alkanes) is 4. The van der Waals surface area contributed by atoms with Crippen molar-refractivity contribution in [3.8, 4) is 0 Å². The fourth-order valence-electron chi connectivity index (χ4n) is 1.74. The molecule has 0 saturated heterocycles. The summed E-state index contributed by atoms with van der Waals surface area (Å²) in [6.07, 6.45) is 6.25. The van der Waals surface area contributed by atoms with Crippen LogP contribution in [0, 0.1) is 0 Å². The van der Waals surface area contributed by atoms with Crippen LogP contribution in [0.15, 0.2) is 18.2 Å². The monoisotopic (exact) mass is 287 g/mol. The van der Waals surface area contributed by atoms with E-state index in [0.717, 1.165) is 12.8 Å². The zero-order chi connectivity index (χ0) is 13.4. The first kappa shape index (κ1) is 15.3. The molecule has 0 spiro atoms. The molecular formula is C14H19Cl2NO. The molecule has 1 aromatic rings. The van der Waals surface area contributed by atoms with E-state index in [2.05, 4.69) is 12.2 Å². The highest BCUT2D eigenvalue weighted by molar-refractivity contribution is 6.35. The van der Waals surface area contributed by atoms with E-state index in [1.165, 1.54) is 19.3 Å². The lowest BCUT2D eigenvalue weighted by Gasteiger charge is -2.06. The first-order valence-electron chi connectivity index (χ1n) is 6.37. The number of benzene rings is 1. The molecule has 0 fully saturated rings. The Morgan fingerprint density at radius 3 is 2.28 bits per heavy atom. The second-order valence-corrected chi connectivity index (χ2v) is 5.24. The Kier molecular flexibility index (Phi) is 7.14. The third-order valence-corrected chi connectivity index (χ3v) is 3.09. The number of hydrogen-bond acceptors (Lipinski definition) is 1. The van der Waals surface area contributed by atoms with Gasteiger partial charge in [0.25, 0.3) is 0 Å². The average Bonchev–Trinajstić information content (AvgIpc) is 2.27. The van der Waals surface area contributed by atoms with Crippen LogP contribution in [-0.4, -0.2) is 5.91 Å². The van der Waals surface area contributed by atoms with E-state index in [1.54, 1.807) is 18.2 Å². The van der Waals surface area contributed by atoms with Crippen LogP contribution >= 0.6 is 23.2 Å². The molecular weight excluding hydrogens is 269 g/mol. The molecule has 1 N–H and O–H groups in total. The normalized spacial score (nSPS) is 10.4. The van der Waals surface area contributed by atoms with Crippen LogP contribution in [-0.2, 0) is 4.79 Å². The summed E-state index contributed by atoms with van der Waals surface area (Å²) in [5.41, 5.74) is 0.658. The molecule has 0 aliphatic rings. The first-order valence-corrected chi connectivity index (χ1v) is 7.13. The van der Waals surface area contributed by atoms with Crippen molar-refractivity contribution >= 4 is 34.8 Å². The predicted molar refractivity (Wildman–Crippen MR) is 78.5 cm³/mol. The summed E-state index contributed by atoms with van der Waals surface area (Å²) in [6.45, 7) is 2.18. The van der Waals surface area contributed by atoms with Crippen molar-refractivity contribution in [1.29, 1.82) is 0 Å². The van der Waals surface area contributed by atoms with Gasteiger partial charge < -0.3 is 5.32 Å². The van der Waals surface area contributed by atoms with Gasteiger partial charge in [-0.15, -0.1) is 0 Å². The van der Waals surface area contributed by atoms with Gasteiger partial charge >= 0.3 is 0 Å². The zero-order valence-corrected chi connectivity index (χ0v) is 12.2. The summed E-state index contributed by atoms with van der Waals surface area (Å²) < 4.78 is 0. The van der Waals surface area contributed by atoms with Crippen LogP contribution in [0.2, 0.25) is 10.0 Å². The summed E-state index contributed by atoms with van der Waals surface area (Å²) in [7, 11) is 0. The van der Waals surface area contributed by atoms with E-state index in [0.29, 0.717) is 22.2 Å². The maximum Gasteiger partial charge on any atom is 0.224 e. The third-order valence-electron chi connectivity index (χ3n) is 2.65. The molecule has 18 heavy (non-hydrogen) atoms. The largest absolute Gasteiger partial charge is 0.326 e. The van der Waals surface area contributed by atoms with Crippen LogP contribution in [0.1, 0.15) is 45.4 Å². The lowest BCUT2D eigenvalue weighted by Crippen LogP contribution is -2.10. The van der Waals surface area contributed by atoms with E-state index < -0.39 is 0 Å². The molecule has 0 unspecified atom stereocenters. The predicted octanol–water partition coefficient (Wildman–Crippen LogP) is 5.29. The van der Waals surface area contributed by atoms with Crippen LogP contribution in [0.5, 0.6) is 0 Å². The number of carbonyl (C=O) groups excluding carboxylic acids is 1. The molecule has 1 amide bonds. The number of carbonyl (C=O) groups is 1. The smallest absolute Gasteiger partial charge is 0.224 e. The van der Waals surface area contributed by atoms with Gasteiger partial charge in [-0.25, -0.2) is 0 Å². The van der Waals surface area contributed by atoms with Crippen LogP contribution in [0.4, 0.5) is 5.69 Å². The highest BCUT2D eigenvalue weighted by atomic mass is 35.5. The third kappa shape index (κ3) is 6.27. The standard InChI is InChI=1S/C14H19Cl2NO/c1-2-3-4-5-6-7-14(18)17-13-9-11(15)8-12(16)10-13/h8-10H,2-7H2,1H3,(H,17,18). The Hall–Kier alpha value is -0.730. The molecule has 0 heterocycles. The van der Waals surface area contributed by atoms with Gasteiger partial charge in [0, 0.05) is 22.2 Å². The highest BCUT2D eigenvalue weighted by Crippen LogP contribution is 2.22. The van der Waals surface area contributed by atoms with Crippen molar-refractivity contribution in [1.82, 2.24) is 0 Å². The summed E-state index contributed by atoms with van der Waals surface area (Å²) in [6, 6.07) is 5.04. The van der Waals surface area contributed by atoms with E-state index in [1.807, 2.05) is 0 Å². The molecule has 0 atom stereocenters. The Morgan fingerprint density at radius 2 is 1.67 bits per heavy atom. The summed E-state index contributed by atoms with van der Waals surface area (Å²) in [5, 5.41) is 3.86. The van der Waals surface area contributed by atoms with Gasteiger partial charge in [-0.1, -0.05) is 55.8 Å². The minimum atomic E-state index is 0.0184. The van der Waals surface area contributed by atoms with Gasteiger partial charge in [-0.05, 0) is 24.6 Å². The lowest BCUT2D eigenvalue weighted by atomic mass is 10.1. The van der Waals surface area contributed by atoms with E-state index in [9.17, 15) is 4.79 Å². The Labute approximate surface area is 119 Å². The van der Waals surface area contributed by atoms with Crippen molar-refractivity contribution in [2.75, 3.05) is 5.32 Å². The summed E-state index contributed by atoms with van der Waals surface area (Å²) in [4.78, 5) is 11.7. The van der Waals surface area contributed by atoms with Crippen LogP contribution < -0.4 is 5.32 Å². The van der Waals surface area contributed by atoms with Crippen LogP contribution in [0.3, 0.4) is 0 Å². The number of anilines is 1. The Morgan fingerprint density at radius 1 is 1.06 bits per heavy atom. The topological polar surface area (TPSA) is 29.1 Å². The second-order valence-electron chi connectivity index (χ2n) is 4.37. The minimum Gasteiger partial charge on any atom is -0.326 e. The number of nitrogens with one attached hydrogen (secondary N) is 1. The molecule has 4 heteroatoms. The molecule has 0 bridgehead atoms. The minimum absolute atomic E-state index is 0.0184. The van der Waals surface area contributed by atoms with Crippen molar-refractivity contribution in [3.05, 3.63) is 28.2 Å². The van der Waals surface area contributed by atoms with E-state index >= 15 is 0 Å².